The van der Waals surface area contributed by atoms with Crippen LogP contribution in [0.3, 0.4) is 0 Å². The topological polar surface area (TPSA) is 38.0 Å². The highest BCUT2D eigenvalue weighted by atomic mass is 16.3. The summed E-state index contributed by atoms with van der Waals surface area (Å²) in [5.74, 6) is 0. The number of aryl methyl sites for hydroxylation is 1. The lowest BCUT2D eigenvalue weighted by Crippen LogP contribution is -1.98. The van der Waals surface area contributed by atoms with Crippen LogP contribution in [0.4, 0.5) is 0 Å². The molecule has 0 aromatic carbocycles. The highest BCUT2D eigenvalue weighted by molar-refractivity contribution is 5.07. The number of hydrogen-bond donors (Lipinski definition) is 1. The first-order chi connectivity index (χ1) is 7.77. The first kappa shape index (κ1) is 13.2. The van der Waals surface area contributed by atoms with Crippen LogP contribution in [0.15, 0.2) is 12.4 Å². The zero-order chi connectivity index (χ0) is 11.8. The molecule has 3 nitrogen and oxygen atoms in total. The fraction of sp³-hybridized carbons (Fsp3) is 0.769. The van der Waals surface area contributed by atoms with Crippen LogP contribution in [-0.4, -0.2) is 14.9 Å². The van der Waals surface area contributed by atoms with Gasteiger partial charge in [-0.2, -0.15) is 5.10 Å². The van der Waals surface area contributed by atoms with Gasteiger partial charge < -0.3 is 5.11 Å². The van der Waals surface area contributed by atoms with Crippen molar-refractivity contribution in [2.75, 3.05) is 0 Å². The van der Waals surface area contributed by atoms with Gasteiger partial charge in [-0.05, 0) is 12.8 Å². The molecule has 0 saturated carbocycles. The first-order valence-corrected chi connectivity index (χ1v) is 6.48. The summed E-state index contributed by atoms with van der Waals surface area (Å²) in [5.41, 5.74) is 0.941. The standard InChI is InChI=1S/C13H24N2O/c1-3-5-6-7-8-9-15-11-12(10-14-15)13(16)4-2/h10-11,13,16H,3-9H2,1-2H3. The zero-order valence-electron chi connectivity index (χ0n) is 10.5. The van der Waals surface area contributed by atoms with Crippen LogP contribution >= 0.6 is 0 Å². The van der Waals surface area contributed by atoms with Gasteiger partial charge in [0.15, 0.2) is 0 Å². The maximum Gasteiger partial charge on any atom is 0.0817 e. The monoisotopic (exact) mass is 224 g/mol. The number of hydrogen-bond acceptors (Lipinski definition) is 2. The Hall–Kier alpha value is -0.830. The van der Waals surface area contributed by atoms with E-state index < -0.39 is 0 Å². The number of unbranched alkanes of at least 4 members (excludes halogenated alkanes) is 4. The summed E-state index contributed by atoms with van der Waals surface area (Å²) in [6.45, 7) is 5.18. The summed E-state index contributed by atoms with van der Waals surface area (Å²) in [7, 11) is 0. The lowest BCUT2D eigenvalue weighted by Gasteiger charge is -2.03. The van der Waals surface area contributed by atoms with Gasteiger partial charge in [-0.3, -0.25) is 4.68 Å². The van der Waals surface area contributed by atoms with Crippen molar-refractivity contribution in [1.82, 2.24) is 9.78 Å². The van der Waals surface area contributed by atoms with Crippen LogP contribution in [-0.2, 0) is 6.54 Å². The van der Waals surface area contributed by atoms with E-state index in [9.17, 15) is 5.11 Å². The van der Waals surface area contributed by atoms with E-state index in [2.05, 4.69) is 12.0 Å². The summed E-state index contributed by atoms with van der Waals surface area (Å²) in [4.78, 5) is 0. The van der Waals surface area contributed by atoms with Gasteiger partial charge in [-0.1, -0.05) is 39.5 Å². The number of aliphatic hydroxyl groups excluding tert-OH is 1. The smallest absolute Gasteiger partial charge is 0.0817 e. The number of nitrogens with zero attached hydrogens (tertiary/aromatic N) is 2. The predicted molar refractivity (Wildman–Crippen MR) is 66.2 cm³/mol. The van der Waals surface area contributed by atoms with E-state index in [4.69, 9.17) is 0 Å². The molecule has 1 aromatic heterocycles. The van der Waals surface area contributed by atoms with Gasteiger partial charge >= 0.3 is 0 Å². The molecule has 1 aromatic rings. The second-order valence-corrected chi connectivity index (χ2v) is 4.38. The Morgan fingerprint density at radius 3 is 2.69 bits per heavy atom. The van der Waals surface area contributed by atoms with Crippen LogP contribution in [0, 0.1) is 0 Å². The second-order valence-electron chi connectivity index (χ2n) is 4.38. The molecule has 1 N–H and O–H groups in total. The van der Waals surface area contributed by atoms with Crippen molar-refractivity contribution in [1.29, 1.82) is 0 Å². The summed E-state index contributed by atoms with van der Waals surface area (Å²) in [6, 6.07) is 0. The van der Waals surface area contributed by atoms with E-state index in [1.54, 1.807) is 6.20 Å². The van der Waals surface area contributed by atoms with Gasteiger partial charge in [0, 0.05) is 18.3 Å². The Morgan fingerprint density at radius 2 is 2.00 bits per heavy atom. The molecular weight excluding hydrogens is 200 g/mol. The molecule has 0 aliphatic heterocycles. The van der Waals surface area contributed by atoms with Gasteiger partial charge in [0.2, 0.25) is 0 Å². The third kappa shape index (κ3) is 4.35. The third-order valence-corrected chi connectivity index (χ3v) is 2.92. The summed E-state index contributed by atoms with van der Waals surface area (Å²) < 4.78 is 1.94. The fourth-order valence-corrected chi connectivity index (χ4v) is 1.79. The van der Waals surface area contributed by atoms with E-state index in [1.165, 1.54) is 32.1 Å². The van der Waals surface area contributed by atoms with E-state index in [1.807, 2.05) is 17.8 Å². The number of aliphatic hydroxyl groups is 1. The van der Waals surface area contributed by atoms with E-state index in [-0.39, 0.29) is 6.10 Å². The Balaban J connectivity index is 2.24. The third-order valence-electron chi connectivity index (χ3n) is 2.92. The molecule has 0 amide bonds. The minimum Gasteiger partial charge on any atom is -0.388 e. The Kier molecular flexibility index (Phi) is 6.16. The molecular formula is C13H24N2O. The fourth-order valence-electron chi connectivity index (χ4n) is 1.79. The molecule has 1 rings (SSSR count). The molecule has 16 heavy (non-hydrogen) atoms. The lowest BCUT2D eigenvalue weighted by atomic mass is 10.1. The molecule has 0 aliphatic carbocycles. The summed E-state index contributed by atoms with van der Waals surface area (Å²) in [6.07, 6.45) is 10.5. The Morgan fingerprint density at radius 1 is 1.25 bits per heavy atom. The van der Waals surface area contributed by atoms with E-state index in [0.29, 0.717) is 0 Å². The maximum absolute atomic E-state index is 9.63. The normalized spacial score (nSPS) is 12.9. The maximum atomic E-state index is 9.63. The highest BCUT2D eigenvalue weighted by Crippen LogP contribution is 2.15. The Labute approximate surface area is 98.5 Å². The van der Waals surface area contributed by atoms with Crippen LogP contribution in [0.25, 0.3) is 0 Å². The SMILES string of the molecule is CCCCCCCn1cc(C(O)CC)cn1. The Bertz CT molecular complexity index is 283. The molecule has 0 spiro atoms. The highest BCUT2D eigenvalue weighted by Gasteiger charge is 2.06. The molecule has 0 bridgehead atoms. The number of aromatic nitrogens is 2. The average molecular weight is 224 g/mol. The van der Waals surface area contributed by atoms with Crippen molar-refractivity contribution in [3.05, 3.63) is 18.0 Å². The molecule has 0 radical (unpaired) electrons. The van der Waals surface area contributed by atoms with Crippen molar-refractivity contribution in [2.45, 2.75) is 65.0 Å². The van der Waals surface area contributed by atoms with Crippen LogP contribution in [0.5, 0.6) is 0 Å². The molecule has 1 unspecified atom stereocenters. The second kappa shape index (κ2) is 7.44. The minimum atomic E-state index is -0.353. The van der Waals surface area contributed by atoms with Gasteiger partial charge in [-0.15, -0.1) is 0 Å². The zero-order valence-corrected chi connectivity index (χ0v) is 10.5. The van der Waals surface area contributed by atoms with E-state index in [0.717, 1.165) is 18.5 Å². The lowest BCUT2D eigenvalue weighted by molar-refractivity contribution is 0.173. The van der Waals surface area contributed by atoms with Crippen LogP contribution in [0.1, 0.15) is 64.0 Å². The largest absolute Gasteiger partial charge is 0.388 e. The van der Waals surface area contributed by atoms with Crippen molar-refractivity contribution in [3.63, 3.8) is 0 Å². The summed E-state index contributed by atoms with van der Waals surface area (Å²) >= 11 is 0. The van der Waals surface area contributed by atoms with E-state index >= 15 is 0 Å². The van der Waals surface area contributed by atoms with Gasteiger partial charge in [0.1, 0.15) is 0 Å². The molecule has 1 heterocycles. The van der Waals surface area contributed by atoms with Crippen molar-refractivity contribution in [3.8, 4) is 0 Å². The van der Waals surface area contributed by atoms with Crippen molar-refractivity contribution < 1.29 is 5.11 Å². The van der Waals surface area contributed by atoms with Gasteiger partial charge in [0.25, 0.3) is 0 Å². The molecule has 0 fully saturated rings. The van der Waals surface area contributed by atoms with Gasteiger partial charge in [-0.25, -0.2) is 0 Å². The van der Waals surface area contributed by atoms with Crippen molar-refractivity contribution in [2.24, 2.45) is 0 Å². The predicted octanol–water partition coefficient (Wildman–Crippen LogP) is 3.30. The quantitative estimate of drug-likeness (QED) is 0.688. The number of rotatable bonds is 8. The van der Waals surface area contributed by atoms with Gasteiger partial charge in [0.05, 0.1) is 12.3 Å². The first-order valence-electron chi connectivity index (χ1n) is 6.48. The molecule has 0 aliphatic rings. The molecule has 92 valence electrons. The summed E-state index contributed by atoms with van der Waals surface area (Å²) in [5, 5.41) is 13.9. The minimum absolute atomic E-state index is 0.353. The van der Waals surface area contributed by atoms with Crippen LogP contribution < -0.4 is 0 Å². The molecule has 1 atom stereocenters. The average Bonchev–Trinajstić information content (AvgIpc) is 2.76. The van der Waals surface area contributed by atoms with Crippen molar-refractivity contribution >= 4 is 0 Å². The molecule has 0 saturated heterocycles. The van der Waals surface area contributed by atoms with Crippen LogP contribution in [0.2, 0.25) is 0 Å². The molecule has 3 heteroatoms.